The van der Waals surface area contributed by atoms with Crippen LogP contribution in [0.5, 0.6) is 0 Å². The Morgan fingerprint density at radius 3 is 2.57 bits per heavy atom. The van der Waals surface area contributed by atoms with Crippen LogP contribution in [0.3, 0.4) is 0 Å². The van der Waals surface area contributed by atoms with Crippen molar-refractivity contribution >= 4 is 17.3 Å². The Labute approximate surface area is 180 Å². The van der Waals surface area contributed by atoms with E-state index in [0.29, 0.717) is 40.0 Å². The molecule has 6 nitrogen and oxygen atoms in total. The first kappa shape index (κ1) is 21.5. The zero-order chi connectivity index (χ0) is 21.7. The number of hydrogen-bond donors (Lipinski definition) is 1. The van der Waals surface area contributed by atoms with E-state index in [2.05, 4.69) is 28.0 Å². The van der Waals surface area contributed by atoms with Crippen LogP contribution in [0.2, 0.25) is 5.02 Å². The second-order valence-electron chi connectivity index (χ2n) is 7.08. The summed E-state index contributed by atoms with van der Waals surface area (Å²) in [6.07, 6.45) is 1.36. The summed E-state index contributed by atoms with van der Waals surface area (Å²) in [6, 6.07) is 12.5. The van der Waals surface area contributed by atoms with Crippen molar-refractivity contribution in [3.05, 3.63) is 75.4 Å². The van der Waals surface area contributed by atoms with Crippen LogP contribution in [0.15, 0.2) is 40.8 Å². The SMILES string of the molecule is [C-]#[N+]c1ccc(C[C@@H](c2nnc(-c3ccc(C#N)cc3)o2)[C@H](C)O)c(CCC)c1Cl. The molecule has 7 heteroatoms. The maximum atomic E-state index is 10.4. The lowest BCUT2D eigenvalue weighted by atomic mass is 9.90. The van der Waals surface area contributed by atoms with E-state index in [-0.39, 0.29) is 0 Å². The van der Waals surface area contributed by atoms with Crippen molar-refractivity contribution in [1.82, 2.24) is 10.2 Å². The zero-order valence-electron chi connectivity index (χ0n) is 16.8. The van der Waals surface area contributed by atoms with E-state index in [1.807, 2.05) is 6.07 Å². The van der Waals surface area contributed by atoms with Crippen LogP contribution < -0.4 is 0 Å². The summed E-state index contributed by atoms with van der Waals surface area (Å²) in [7, 11) is 0. The molecular weight excluding hydrogens is 400 g/mol. The topological polar surface area (TPSA) is 87.3 Å². The summed E-state index contributed by atoms with van der Waals surface area (Å²) in [4.78, 5) is 3.48. The van der Waals surface area contributed by atoms with Crippen LogP contribution in [-0.4, -0.2) is 21.4 Å². The Kier molecular flexibility index (Phi) is 6.84. The van der Waals surface area contributed by atoms with Crippen LogP contribution >= 0.6 is 11.6 Å². The van der Waals surface area contributed by atoms with E-state index in [9.17, 15) is 5.11 Å². The Hall–Kier alpha value is -3.19. The first-order chi connectivity index (χ1) is 14.5. The highest BCUT2D eigenvalue weighted by Crippen LogP contribution is 2.35. The fraction of sp³-hybridized carbons (Fsp3) is 0.304. The number of aliphatic hydroxyl groups is 1. The molecule has 0 radical (unpaired) electrons. The molecule has 1 heterocycles. The van der Waals surface area contributed by atoms with Crippen LogP contribution in [-0.2, 0) is 12.8 Å². The largest absolute Gasteiger partial charge is 0.420 e. The number of nitrogens with zero attached hydrogens (tertiary/aromatic N) is 4. The predicted octanol–water partition coefficient (Wildman–Crippen LogP) is 5.47. The van der Waals surface area contributed by atoms with E-state index in [1.54, 1.807) is 37.3 Å². The second-order valence-corrected chi connectivity index (χ2v) is 7.46. The Balaban J connectivity index is 1.93. The molecule has 0 spiro atoms. The Morgan fingerprint density at radius 2 is 1.97 bits per heavy atom. The first-order valence-electron chi connectivity index (χ1n) is 9.68. The molecular formula is C23H21ClN4O2. The van der Waals surface area contributed by atoms with Crippen molar-refractivity contribution in [2.45, 2.75) is 45.1 Å². The molecule has 3 rings (SSSR count). The smallest absolute Gasteiger partial charge is 0.247 e. The number of nitriles is 1. The van der Waals surface area contributed by atoms with Gasteiger partial charge in [-0.05, 0) is 55.2 Å². The van der Waals surface area contributed by atoms with Crippen molar-refractivity contribution in [2.75, 3.05) is 0 Å². The number of rotatable bonds is 7. The molecule has 2 atom stereocenters. The van der Waals surface area contributed by atoms with Crippen LogP contribution in [0.4, 0.5) is 5.69 Å². The fourth-order valence-corrected chi connectivity index (χ4v) is 3.66. The summed E-state index contributed by atoms with van der Waals surface area (Å²) in [6.45, 7) is 11.0. The van der Waals surface area contributed by atoms with Crippen molar-refractivity contribution < 1.29 is 9.52 Å². The number of benzene rings is 2. The molecule has 0 bridgehead atoms. The van der Waals surface area contributed by atoms with Gasteiger partial charge in [0.2, 0.25) is 17.5 Å². The molecule has 1 N–H and O–H groups in total. The molecule has 0 unspecified atom stereocenters. The van der Waals surface area contributed by atoms with E-state index in [0.717, 1.165) is 24.0 Å². The second kappa shape index (κ2) is 9.54. The normalized spacial score (nSPS) is 12.7. The fourth-order valence-electron chi connectivity index (χ4n) is 3.34. The van der Waals surface area contributed by atoms with E-state index < -0.39 is 12.0 Å². The van der Waals surface area contributed by atoms with E-state index in [1.165, 1.54) is 0 Å². The highest BCUT2D eigenvalue weighted by atomic mass is 35.5. The van der Waals surface area contributed by atoms with Gasteiger partial charge in [-0.1, -0.05) is 37.1 Å². The standard InChI is InChI=1S/C23H21ClN4O2/c1-4-5-18-17(10-11-20(26-3)21(18)24)12-19(14(2)29)23-28-27-22(30-23)16-8-6-15(13-25)7-9-16/h6-11,14,19,29H,4-5,12H2,1-2H3/t14-,19+/m0/s1. The Bertz CT molecular complexity index is 1110. The minimum atomic E-state index is -0.729. The van der Waals surface area contributed by atoms with Gasteiger partial charge in [-0.2, -0.15) is 5.26 Å². The van der Waals surface area contributed by atoms with Crippen molar-refractivity contribution in [3.63, 3.8) is 0 Å². The average molecular weight is 421 g/mol. The summed E-state index contributed by atoms with van der Waals surface area (Å²) in [5.74, 6) is 0.239. The minimum Gasteiger partial charge on any atom is -0.420 e. The van der Waals surface area contributed by atoms with Crippen molar-refractivity contribution in [1.29, 1.82) is 5.26 Å². The molecule has 0 fully saturated rings. The van der Waals surface area contributed by atoms with Gasteiger partial charge in [0.25, 0.3) is 0 Å². The number of halogens is 1. The van der Waals surface area contributed by atoms with Gasteiger partial charge in [0, 0.05) is 5.56 Å². The third-order valence-corrected chi connectivity index (χ3v) is 5.40. The minimum absolute atomic E-state index is 0.329. The molecule has 152 valence electrons. The number of aromatic nitrogens is 2. The summed E-state index contributed by atoms with van der Waals surface area (Å²) in [5, 5.41) is 28.1. The van der Waals surface area contributed by atoms with Gasteiger partial charge in [0.05, 0.1) is 35.2 Å². The quantitative estimate of drug-likeness (QED) is 0.512. The maximum absolute atomic E-state index is 10.4. The van der Waals surface area contributed by atoms with Gasteiger partial charge in [-0.3, -0.25) is 0 Å². The summed E-state index contributed by atoms with van der Waals surface area (Å²) in [5.41, 5.74) is 3.55. The molecule has 0 aliphatic rings. The summed E-state index contributed by atoms with van der Waals surface area (Å²) < 4.78 is 5.87. The molecule has 30 heavy (non-hydrogen) atoms. The molecule has 0 amide bonds. The Morgan fingerprint density at radius 1 is 1.23 bits per heavy atom. The van der Waals surface area contributed by atoms with Gasteiger partial charge in [0.15, 0.2) is 0 Å². The van der Waals surface area contributed by atoms with Crippen LogP contribution in [0.1, 0.15) is 48.8 Å². The van der Waals surface area contributed by atoms with Crippen LogP contribution in [0.25, 0.3) is 16.3 Å². The number of aliphatic hydroxyl groups excluding tert-OH is 1. The molecule has 0 aliphatic heterocycles. The zero-order valence-corrected chi connectivity index (χ0v) is 17.5. The van der Waals surface area contributed by atoms with Gasteiger partial charge in [-0.15, -0.1) is 10.2 Å². The highest BCUT2D eigenvalue weighted by molar-refractivity contribution is 6.34. The molecule has 0 saturated carbocycles. The molecule has 0 aliphatic carbocycles. The third-order valence-electron chi connectivity index (χ3n) is 4.98. The monoisotopic (exact) mass is 420 g/mol. The van der Waals surface area contributed by atoms with Crippen LogP contribution in [0, 0.1) is 17.9 Å². The van der Waals surface area contributed by atoms with E-state index >= 15 is 0 Å². The molecule has 0 saturated heterocycles. The summed E-state index contributed by atoms with van der Waals surface area (Å²) >= 11 is 6.46. The van der Waals surface area contributed by atoms with Gasteiger partial charge in [0.1, 0.15) is 0 Å². The molecule has 1 aromatic heterocycles. The lowest BCUT2D eigenvalue weighted by molar-refractivity contribution is 0.148. The molecule has 2 aromatic carbocycles. The average Bonchev–Trinajstić information content (AvgIpc) is 3.24. The first-order valence-corrected chi connectivity index (χ1v) is 10.1. The number of hydrogen-bond acceptors (Lipinski definition) is 5. The lowest BCUT2D eigenvalue weighted by Crippen LogP contribution is -2.18. The van der Waals surface area contributed by atoms with Gasteiger partial charge < -0.3 is 9.52 Å². The van der Waals surface area contributed by atoms with Gasteiger partial charge in [-0.25, -0.2) is 4.85 Å². The van der Waals surface area contributed by atoms with E-state index in [4.69, 9.17) is 27.9 Å². The van der Waals surface area contributed by atoms with Gasteiger partial charge >= 0.3 is 0 Å². The van der Waals surface area contributed by atoms with Crippen molar-refractivity contribution in [2.24, 2.45) is 0 Å². The lowest BCUT2D eigenvalue weighted by Gasteiger charge is -2.19. The molecule has 3 aromatic rings. The van der Waals surface area contributed by atoms with Crippen molar-refractivity contribution in [3.8, 4) is 17.5 Å². The maximum Gasteiger partial charge on any atom is 0.247 e. The third kappa shape index (κ3) is 4.52. The predicted molar refractivity (Wildman–Crippen MR) is 114 cm³/mol. The highest BCUT2D eigenvalue weighted by Gasteiger charge is 2.26.